The Bertz CT molecular complexity index is 770. The lowest BCUT2D eigenvalue weighted by Gasteiger charge is -2.36. The van der Waals surface area contributed by atoms with Crippen LogP contribution >= 0.6 is 0 Å². The van der Waals surface area contributed by atoms with Crippen LogP contribution in [0.25, 0.3) is 0 Å². The quantitative estimate of drug-likeness (QED) is 0.880. The Morgan fingerprint density at radius 3 is 2.58 bits per heavy atom. The number of piperidine rings is 1. The second kappa shape index (κ2) is 7.70. The number of halogens is 1. The van der Waals surface area contributed by atoms with E-state index in [1.807, 2.05) is 0 Å². The molecule has 2 aromatic rings. The highest BCUT2D eigenvalue weighted by molar-refractivity contribution is 6.04. The maximum Gasteiger partial charge on any atom is 0.257 e. The average Bonchev–Trinajstić information content (AvgIpc) is 2.62. The van der Waals surface area contributed by atoms with Crippen LogP contribution in [0.15, 0.2) is 36.5 Å². The van der Waals surface area contributed by atoms with Gasteiger partial charge in [0.15, 0.2) is 0 Å². The minimum Gasteiger partial charge on any atom is -0.384 e. The largest absolute Gasteiger partial charge is 0.384 e. The summed E-state index contributed by atoms with van der Waals surface area (Å²) in [6.45, 7) is 1.64. The number of carbonyl (C=O) groups is 1. The number of benzene rings is 1. The molecule has 0 spiro atoms. The van der Waals surface area contributed by atoms with Gasteiger partial charge in [0.2, 0.25) is 0 Å². The molecular formula is C19H24FN5O. The van der Waals surface area contributed by atoms with Gasteiger partial charge in [-0.25, -0.2) is 9.37 Å². The van der Waals surface area contributed by atoms with Gasteiger partial charge in [0.1, 0.15) is 11.6 Å². The minimum absolute atomic E-state index is 0.332. The second-order valence-electron chi connectivity index (χ2n) is 6.77. The highest BCUT2D eigenvalue weighted by Gasteiger charge is 2.22. The Morgan fingerprint density at radius 2 is 2.00 bits per heavy atom. The molecule has 3 N–H and O–H groups in total. The molecule has 0 unspecified atom stereocenters. The standard InChI is InChI=1S/C19H24FN5O/c1-24(2)15-7-9-25(10-8-15)17-5-4-14(11-16(17)20)23-19(26)13-3-6-18(21)22-12-13/h3-6,11-12,15H,7-10H2,1-2H3,(H2,21,22)(H,23,26). The Balaban J connectivity index is 1.66. The zero-order chi connectivity index (χ0) is 18.7. The van der Waals surface area contributed by atoms with Gasteiger partial charge in [-0.15, -0.1) is 0 Å². The van der Waals surface area contributed by atoms with Gasteiger partial charge in [0.25, 0.3) is 5.91 Å². The first-order valence-electron chi connectivity index (χ1n) is 8.68. The van der Waals surface area contributed by atoms with Crippen molar-refractivity contribution in [2.45, 2.75) is 18.9 Å². The number of anilines is 3. The van der Waals surface area contributed by atoms with Gasteiger partial charge < -0.3 is 20.9 Å². The highest BCUT2D eigenvalue weighted by Crippen LogP contribution is 2.27. The van der Waals surface area contributed by atoms with Gasteiger partial charge in [-0.1, -0.05) is 0 Å². The second-order valence-corrected chi connectivity index (χ2v) is 6.77. The Kier molecular flexibility index (Phi) is 5.37. The lowest BCUT2D eigenvalue weighted by molar-refractivity contribution is 0.102. The number of aromatic nitrogens is 1. The smallest absolute Gasteiger partial charge is 0.257 e. The molecule has 1 aromatic carbocycles. The molecule has 2 heterocycles. The van der Waals surface area contributed by atoms with Gasteiger partial charge in [0.05, 0.1) is 11.3 Å². The predicted molar refractivity (Wildman–Crippen MR) is 102 cm³/mol. The van der Waals surface area contributed by atoms with E-state index in [0.29, 0.717) is 28.8 Å². The summed E-state index contributed by atoms with van der Waals surface area (Å²) in [4.78, 5) is 20.4. The molecular weight excluding hydrogens is 333 g/mol. The van der Waals surface area contributed by atoms with E-state index < -0.39 is 0 Å². The van der Waals surface area contributed by atoms with Crippen molar-refractivity contribution >= 4 is 23.1 Å². The molecule has 138 valence electrons. The van der Waals surface area contributed by atoms with Gasteiger partial charge in [-0.2, -0.15) is 0 Å². The van der Waals surface area contributed by atoms with Crippen LogP contribution in [-0.2, 0) is 0 Å². The van der Waals surface area contributed by atoms with Crippen molar-refractivity contribution in [3.8, 4) is 0 Å². The zero-order valence-corrected chi connectivity index (χ0v) is 15.1. The normalized spacial score (nSPS) is 15.3. The van der Waals surface area contributed by atoms with Crippen molar-refractivity contribution in [3.63, 3.8) is 0 Å². The monoisotopic (exact) mass is 357 g/mol. The molecule has 0 radical (unpaired) electrons. The Labute approximate surface area is 152 Å². The minimum atomic E-state index is -0.351. The van der Waals surface area contributed by atoms with Crippen molar-refractivity contribution in [1.82, 2.24) is 9.88 Å². The van der Waals surface area contributed by atoms with Gasteiger partial charge in [0, 0.05) is 31.0 Å². The topological polar surface area (TPSA) is 74.5 Å². The van der Waals surface area contributed by atoms with E-state index in [0.717, 1.165) is 25.9 Å². The number of carbonyl (C=O) groups excluding carboxylic acids is 1. The molecule has 1 aromatic heterocycles. The number of hydrogen-bond acceptors (Lipinski definition) is 5. The first kappa shape index (κ1) is 18.1. The summed E-state index contributed by atoms with van der Waals surface area (Å²) in [5.41, 5.74) is 6.87. The summed E-state index contributed by atoms with van der Waals surface area (Å²) < 4.78 is 14.6. The number of pyridine rings is 1. The molecule has 1 aliphatic heterocycles. The Hall–Kier alpha value is -2.67. The van der Waals surface area contributed by atoms with Crippen molar-refractivity contribution in [3.05, 3.63) is 47.9 Å². The summed E-state index contributed by atoms with van der Waals surface area (Å²) >= 11 is 0. The Morgan fingerprint density at radius 1 is 1.27 bits per heavy atom. The van der Waals surface area contributed by atoms with E-state index in [1.54, 1.807) is 24.3 Å². The van der Waals surface area contributed by atoms with Crippen LogP contribution in [0.2, 0.25) is 0 Å². The maximum atomic E-state index is 14.6. The van der Waals surface area contributed by atoms with Crippen molar-refractivity contribution in [1.29, 1.82) is 0 Å². The average molecular weight is 357 g/mol. The van der Waals surface area contributed by atoms with E-state index in [-0.39, 0.29) is 11.7 Å². The van der Waals surface area contributed by atoms with Gasteiger partial charge in [-0.05, 0) is 57.3 Å². The van der Waals surface area contributed by atoms with Crippen molar-refractivity contribution in [2.75, 3.05) is 43.1 Å². The number of nitrogens with zero attached hydrogens (tertiary/aromatic N) is 3. The molecule has 1 amide bonds. The molecule has 0 saturated carbocycles. The number of rotatable bonds is 4. The fourth-order valence-corrected chi connectivity index (χ4v) is 3.21. The van der Waals surface area contributed by atoms with E-state index in [9.17, 15) is 9.18 Å². The van der Waals surface area contributed by atoms with Crippen molar-refractivity contribution in [2.24, 2.45) is 0 Å². The molecule has 0 atom stereocenters. The highest BCUT2D eigenvalue weighted by atomic mass is 19.1. The fraction of sp³-hybridized carbons (Fsp3) is 0.368. The summed E-state index contributed by atoms with van der Waals surface area (Å²) in [5, 5.41) is 2.69. The van der Waals surface area contributed by atoms with E-state index in [1.165, 1.54) is 12.3 Å². The summed E-state index contributed by atoms with van der Waals surface area (Å²) in [7, 11) is 4.16. The van der Waals surface area contributed by atoms with Crippen LogP contribution in [0.5, 0.6) is 0 Å². The molecule has 1 fully saturated rings. The number of amides is 1. The lowest BCUT2D eigenvalue weighted by atomic mass is 10.0. The van der Waals surface area contributed by atoms with Crippen LogP contribution in [-0.4, -0.2) is 49.0 Å². The van der Waals surface area contributed by atoms with Gasteiger partial charge >= 0.3 is 0 Å². The number of nitrogens with one attached hydrogen (secondary N) is 1. The zero-order valence-electron chi connectivity index (χ0n) is 15.1. The van der Waals surface area contributed by atoms with Crippen molar-refractivity contribution < 1.29 is 9.18 Å². The number of nitrogens with two attached hydrogens (primary N) is 1. The molecule has 26 heavy (non-hydrogen) atoms. The third-order valence-electron chi connectivity index (χ3n) is 4.79. The van der Waals surface area contributed by atoms with E-state index in [2.05, 4.69) is 34.2 Å². The predicted octanol–water partition coefficient (Wildman–Crippen LogP) is 2.59. The summed E-state index contributed by atoms with van der Waals surface area (Å²) in [6.07, 6.45) is 3.41. The fourth-order valence-electron chi connectivity index (χ4n) is 3.21. The van der Waals surface area contributed by atoms with Crippen LogP contribution < -0.4 is 16.0 Å². The number of hydrogen-bond donors (Lipinski definition) is 2. The molecule has 7 heteroatoms. The van der Waals surface area contributed by atoms with E-state index in [4.69, 9.17) is 5.73 Å². The van der Waals surface area contributed by atoms with Crippen LogP contribution in [0.1, 0.15) is 23.2 Å². The molecule has 0 bridgehead atoms. The lowest BCUT2D eigenvalue weighted by Crippen LogP contribution is -2.42. The maximum absolute atomic E-state index is 14.6. The third-order valence-corrected chi connectivity index (χ3v) is 4.79. The van der Waals surface area contributed by atoms with Crippen LogP contribution in [0, 0.1) is 5.82 Å². The first-order chi connectivity index (χ1) is 12.4. The number of nitrogen functional groups attached to an aromatic ring is 1. The molecule has 0 aliphatic carbocycles. The molecule has 3 rings (SSSR count). The summed E-state index contributed by atoms with van der Waals surface area (Å²) in [6, 6.07) is 8.48. The third kappa shape index (κ3) is 4.11. The SMILES string of the molecule is CN(C)C1CCN(c2ccc(NC(=O)c3ccc(N)nc3)cc2F)CC1. The molecule has 6 nitrogen and oxygen atoms in total. The first-order valence-corrected chi connectivity index (χ1v) is 8.68. The summed E-state index contributed by atoms with van der Waals surface area (Å²) in [5.74, 6) is -0.340. The van der Waals surface area contributed by atoms with Gasteiger partial charge in [-0.3, -0.25) is 4.79 Å². The van der Waals surface area contributed by atoms with Crippen LogP contribution in [0.3, 0.4) is 0 Å². The van der Waals surface area contributed by atoms with Crippen LogP contribution in [0.4, 0.5) is 21.6 Å². The van der Waals surface area contributed by atoms with E-state index >= 15 is 0 Å². The molecule has 1 aliphatic rings. The molecule has 1 saturated heterocycles.